The van der Waals surface area contributed by atoms with E-state index in [0.29, 0.717) is 18.9 Å². The topological polar surface area (TPSA) is 32.3 Å². The van der Waals surface area contributed by atoms with E-state index in [1.165, 1.54) is 31.7 Å². The lowest BCUT2D eigenvalue weighted by molar-refractivity contribution is -0.122. The van der Waals surface area contributed by atoms with Crippen LogP contribution in [-0.2, 0) is 4.79 Å². The maximum Gasteiger partial charge on any atom is 0.220 e. The molecule has 1 amide bonds. The number of rotatable bonds is 6. The predicted octanol–water partition coefficient (Wildman–Crippen LogP) is 3.37. The summed E-state index contributed by atoms with van der Waals surface area (Å²) in [5, 5.41) is 3.07. The Morgan fingerprint density at radius 3 is 2.78 bits per heavy atom. The van der Waals surface area contributed by atoms with Gasteiger partial charge in [-0.3, -0.25) is 4.79 Å². The highest BCUT2D eigenvalue weighted by molar-refractivity contribution is 5.76. The summed E-state index contributed by atoms with van der Waals surface area (Å²) in [5.41, 5.74) is 0.898. The van der Waals surface area contributed by atoms with Crippen molar-refractivity contribution < 1.29 is 9.18 Å². The van der Waals surface area contributed by atoms with E-state index in [1.807, 2.05) is 25.1 Å². The summed E-state index contributed by atoms with van der Waals surface area (Å²) < 4.78 is 13.4. The van der Waals surface area contributed by atoms with E-state index < -0.39 is 0 Å². The number of hydrogen-bond donors (Lipinski definition) is 1. The zero-order chi connectivity index (χ0) is 16.4. The lowest BCUT2D eigenvalue weighted by Gasteiger charge is -2.26. The van der Waals surface area contributed by atoms with E-state index in [4.69, 9.17) is 0 Å². The first kappa shape index (κ1) is 16.4. The highest BCUT2D eigenvalue weighted by Gasteiger charge is 2.40. The minimum absolute atomic E-state index is 0.00493. The molecule has 2 fully saturated rings. The van der Waals surface area contributed by atoms with Crippen LogP contribution in [0.2, 0.25) is 0 Å². The van der Waals surface area contributed by atoms with E-state index in [2.05, 4.69) is 5.32 Å². The van der Waals surface area contributed by atoms with E-state index in [-0.39, 0.29) is 17.8 Å². The molecule has 2 bridgehead atoms. The number of likely N-dealkylation sites (N-methyl/N-ethyl adjacent to an activating group) is 1. The summed E-state index contributed by atoms with van der Waals surface area (Å²) in [4.78, 5) is 14.3. The number of halogens is 1. The number of nitrogens with one attached hydrogen (secondary N) is 1. The Hall–Kier alpha value is -1.42. The van der Waals surface area contributed by atoms with Crippen LogP contribution in [0.25, 0.3) is 0 Å². The van der Waals surface area contributed by atoms with Crippen molar-refractivity contribution in [1.82, 2.24) is 10.2 Å². The molecule has 3 rings (SSSR count). The van der Waals surface area contributed by atoms with Gasteiger partial charge in [0.05, 0.1) is 6.04 Å². The average molecular weight is 318 g/mol. The number of nitrogens with zero attached hydrogens (tertiary/aromatic N) is 1. The molecule has 0 aromatic heterocycles. The van der Waals surface area contributed by atoms with Crippen LogP contribution in [-0.4, -0.2) is 31.4 Å². The van der Waals surface area contributed by atoms with Crippen LogP contribution >= 0.6 is 0 Å². The SMILES string of the molecule is CN(C)C(CNC(=O)CC1CC2CCC1C2)c1cccc(F)c1. The fourth-order valence-electron chi connectivity index (χ4n) is 4.46. The van der Waals surface area contributed by atoms with Gasteiger partial charge in [0, 0.05) is 13.0 Å². The standard InChI is InChI=1S/C19H27FN2O/c1-22(2)18(15-4-3-5-17(20)10-15)12-21-19(23)11-16-9-13-6-7-14(16)8-13/h3-5,10,13-14,16,18H,6-9,11-12H2,1-2H3,(H,21,23). The maximum atomic E-state index is 13.4. The zero-order valence-electron chi connectivity index (χ0n) is 14.1. The van der Waals surface area contributed by atoms with Crippen LogP contribution < -0.4 is 5.32 Å². The normalized spacial score (nSPS) is 27.4. The van der Waals surface area contributed by atoms with Gasteiger partial charge in [-0.05, 0) is 68.8 Å². The summed E-state index contributed by atoms with van der Waals surface area (Å²) in [6, 6.07) is 6.62. The molecule has 126 valence electrons. The summed E-state index contributed by atoms with van der Waals surface area (Å²) >= 11 is 0. The highest BCUT2D eigenvalue weighted by atomic mass is 19.1. The molecule has 1 aromatic rings. The number of fused-ring (bicyclic) bond motifs is 2. The van der Waals surface area contributed by atoms with Crippen LogP contribution in [0.5, 0.6) is 0 Å². The average Bonchev–Trinajstić information content (AvgIpc) is 3.09. The molecule has 0 spiro atoms. The number of amides is 1. The summed E-state index contributed by atoms with van der Waals surface area (Å²) in [6.07, 6.45) is 5.91. The Morgan fingerprint density at radius 1 is 1.35 bits per heavy atom. The second-order valence-electron chi connectivity index (χ2n) is 7.48. The van der Waals surface area contributed by atoms with Crippen molar-refractivity contribution >= 4 is 5.91 Å². The largest absolute Gasteiger partial charge is 0.354 e. The maximum absolute atomic E-state index is 13.4. The highest BCUT2D eigenvalue weighted by Crippen LogP contribution is 2.49. The van der Waals surface area contributed by atoms with Gasteiger partial charge in [-0.15, -0.1) is 0 Å². The molecule has 2 aliphatic rings. The third-order valence-electron chi connectivity index (χ3n) is 5.68. The van der Waals surface area contributed by atoms with E-state index >= 15 is 0 Å². The van der Waals surface area contributed by atoms with E-state index in [0.717, 1.165) is 17.4 Å². The van der Waals surface area contributed by atoms with Crippen molar-refractivity contribution in [1.29, 1.82) is 0 Å². The smallest absolute Gasteiger partial charge is 0.220 e. The first-order valence-electron chi connectivity index (χ1n) is 8.71. The molecule has 4 unspecified atom stereocenters. The second-order valence-corrected chi connectivity index (χ2v) is 7.48. The molecule has 0 aliphatic heterocycles. The molecule has 2 saturated carbocycles. The fraction of sp³-hybridized carbons (Fsp3) is 0.632. The van der Waals surface area contributed by atoms with Crippen molar-refractivity contribution in [3.8, 4) is 0 Å². The lowest BCUT2D eigenvalue weighted by atomic mass is 9.86. The van der Waals surface area contributed by atoms with Crippen LogP contribution in [0.4, 0.5) is 4.39 Å². The van der Waals surface area contributed by atoms with Crippen molar-refractivity contribution in [2.45, 2.75) is 38.1 Å². The minimum atomic E-state index is -0.234. The minimum Gasteiger partial charge on any atom is -0.354 e. The number of carbonyl (C=O) groups excluding carboxylic acids is 1. The molecular weight excluding hydrogens is 291 g/mol. The summed E-state index contributed by atoms with van der Waals surface area (Å²) in [6.45, 7) is 0.524. The van der Waals surface area contributed by atoms with Gasteiger partial charge in [0.15, 0.2) is 0 Å². The second kappa shape index (κ2) is 7.00. The Kier molecular flexibility index (Phi) is 5.00. The van der Waals surface area contributed by atoms with Gasteiger partial charge >= 0.3 is 0 Å². The predicted molar refractivity (Wildman–Crippen MR) is 89.4 cm³/mol. The van der Waals surface area contributed by atoms with Crippen molar-refractivity contribution in [3.05, 3.63) is 35.6 Å². The van der Waals surface area contributed by atoms with Gasteiger partial charge in [0.25, 0.3) is 0 Å². The Bertz CT molecular complexity index is 560. The Balaban J connectivity index is 1.53. The molecule has 0 heterocycles. The van der Waals surface area contributed by atoms with Crippen molar-refractivity contribution in [3.63, 3.8) is 0 Å². The molecule has 23 heavy (non-hydrogen) atoms. The monoisotopic (exact) mass is 318 g/mol. The molecule has 2 aliphatic carbocycles. The van der Waals surface area contributed by atoms with E-state index in [9.17, 15) is 9.18 Å². The number of benzene rings is 1. The Morgan fingerprint density at radius 2 is 2.17 bits per heavy atom. The van der Waals surface area contributed by atoms with Crippen LogP contribution in [0.15, 0.2) is 24.3 Å². The van der Waals surface area contributed by atoms with Gasteiger partial charge in [-0.2, -0.15) is 0 Å². The van der Waals surface area contributed by atoms with Gasteiger partial charge in [-0.1, -0.05) is 18.6 Å². The molecule has 4 atom stereocenters. The van der Waals surface area contributed by atoms with Gasteiger partial charge in [-0.25, -0.2) is 4.39 Å². The van der Waals surface area contributed by atoms with Crippen LogP contribution in [0.1, 0.15) is 43.7 Å². The quantitative estimate of drug-likeness (QED) is 0.872. The lowest BCUT2D eigenvalue weighted by Crippen LogP contribution is -2.35. The first-order chi connectivity index (χ1) is 11.0. The van der Waals surface area contributed by atoms with Crippen molar-refractivity contribution in [2.75, 3.05) is 20.6 Å². The van der Waals surface area contributed by atoms with Crippen LogP contribution in [0.3, 0.4) is 0 Å². The van der Waals surface area contributed by atoms with Gasteiger partial charge < -0.3 is 10.2 Å². The van der Waals surface area contributed by atoms with Gasteiger partial charge in [0.1, 0.15) is 5.82 Å². The number of carbonyl (C=O) groups is 1. The molecule has 1 N–H and O–H groups in total. The molecule has 3 nitrogen and oxygen atoms in total. The zero-order valence-corrected chi connectivity index (χ0v) is 14.1. The first-order valence-corrected chi connectivity index (χ1v) is 8.71. The third kappa shape index (κ3) is 3.92. The molecule has 1 aromatic carbocycles. The van der Waals surface area contributed by atoms with Crippen LogP contribution in [0, 0.1) is 23.6 Å². The Labute approximate surface area is 138 Å². The van der Waals surface area contributed by atoms with E-state index in [1.54, 1.807) is 12.1 Å². The van der Waals surface area contributed by atoms with Gasteiger partial charge in [0.2, 0.25) is 5.91 Å². The molecule has 0 radical (unpaired) electrons. The molecule has 0 saturated heterocycles. The summed E-state index contributed by atoms with van der Waals surface area (Å²) in [7, 11) is 3.91. The number of hydrogen-bond acceptors (Lipinski definition) is 2. The fourth-order valence-corrected chi connectivity index (χ4v) is 4.46. The molecule has 4 heteroatoms. The molecular formula is C19H27FN2O. The van der Waals surface area contributed by atoms with Crippen molar-refractivity contribution in [2.24, 2.45) is 17.8 Å². The third-order valence-corrected chi connectivity index (χ3v) is 5.68. The summed E-state index contributed by atoms with van der Waals surface area (Å²) in [5.74, 6) is 2.15.